The van der Waals surface area contributed by atoms with Gasteiger partial charge >= 0.3 is 6.09 Å². The van der Waals surface area contributed by atoms with Crippen LogP contribution in [0.25, 0.3) is 11.4 Å². The Hall–Kier alpha value is -2.45. The number of anilines is 1. The molecule has 1 atom stereocenters. The third-order valence-corrected chi connectivity index (χ3v) is 4.13. The van der Waals surface area contributed by atoms with Crippen LogP contribution in [0.1, 0.15) is 32.4 Å². The summed E-state index contributed by atoms with van der Waals surface area (Å²) in [5, 5.41) is 0.496. The molecule has 1 aliphatic rings. The number of morpholine rings is 1. The number of aromatic nitrogens is 3. The van der Waals surface area contributed by atoms with Gasteiger partial charge in [0.25, 0.3) is 0 Å². The van der Waals surface area contributed by atoms with E-state index in [0.717, 1.165) is 5.56 Å². The fourth-order valence-corrected chi connectivity index (χ4v) is 3.04. The number of nitrogens with two attached hydrogens (primary N) is 1. The minimum Gasteiger partial charge on any atom is -0.444 e. The number of halogens is 1. The van der Waals surface area contributed by atoms with E-state index in [4.69, 9.17) is 26.8 Å². The molecule has 0 aliphatic carbocycles. The van der Waals surface area contributed by atoms with Crippen molar-refractivity contribution in [2.24, 2.45) is 0 Å². The Bertz CT molecular complexity index is 840. The van der Waals surface area contributed by atoms with E-state index < -0.39 is 5.60 Å². The third kappa shape index (κ3) is 4.84. The molecule has 0 bridgehead atoms. The molecule has 2 N–H and O–H groups in total. The summed E-state index contributed by atoms with van der Waals surface area (Å²) in [7, 11) is 0. The van der Waals surface area contributed by atoms with Crippen LogP contribution in [0.15, 0.2) is 24.5 Å². The maximum absolute atomic E-state index is 12.6. The van der Waals surface area contributed by atoms with E-state index in [1.165, 1.54) is 6.33 Å². The molecular weight excluding hydrogens is 370 g/mol. The van der Waals surface area contributed by atoms with Crippen LogP contribution in [0.5, 0.6) is 0 Å². The monoisotopic (exact) mass is 391 g/mol. The van der Waals surface area contributed by atoms with Crippen LogP contribution in [-0.2, 0) is 9.47 Å². The number of benzene rings is 1. The molecule has 1 saturated heterocycles. The summed E-state index contributed by atoms with van der Waals surface area (Å²) in [6.07, 6.45) is 0.955. The highest BCUT2D eigenvalue weighted by Gasteiger charge is 2.32. The van der Waals surface area contributed by atoms with Gasteiger partial charge in [-0.25, -0.2) is 14.8 Å². The van der Waals surface area contributed by atoms with Gasteiger partial charge in [-0.05, 0) is 44.5 Å². The molecule has 1 aromatic heterocycles. The Morgan fingerprint density at radius 2 is 2.11 bits per heavy atom. The molecule has 0 radical (unpaired) electrons. The fourth-order valence-electron chi connectivity index (χ4n) is 2.80. The Labute approximate surface area is 162 Å². The van der Waals surface area contributed by atoms with Gasteiger partial charge in [0.15, 0.2) is 5.82 Å². The molecule has 1 aromatic carbocycles. The van der Waals surface area contributed by atoms with Gasteiger partial charge in [-0.1, -0.05) is 11.6 Å². The number of rotatable bonds is 2. The fraction of sp³-hybridized carbons (Fsp3) is 0.444. The van der Waals surface area contributed by atoms with E-state index in [-0.39, 0.29) is 18.1 Å². The summed E-state index contributed by atoms with van der Waals surface area (Å²) in [6, 6.07) is 5.08. The van der Waals surface area contributed by atoms with Gasteiger partial charge in [0.2, 0.25) is 5.95 Å². The number of hydrogen-bond donors (Lipinski definition) is 1. The molecule has 1 amide bonds. The van der Waals surface area contributed by atoms with E-state index in [0.29, 0.717) is 36.2 Å². The first kappa shape index (κ1) is 19.3. The Kier molecular flexibility index (Phi) is 5.48. The van der Waals surface area contributed by atoms with Crippen LogP contribution >= 0.6 is 11.6 Å². The molecular formula is C18H22ClN5O3. The molecule has 8 nitrogen and oxygen atoms in total. The summed E-state index contributed by atoms with van der Waals surface area (Å²) in [5.41, 5.74) is 6.56. The van der Waals surface area contributed by atoms with Crippen LogP contribution < -0.4 is 5.73 Å². The lowest BCUT2D eigenvalue weighted by Gasteiger charge is -2.37. The Balaban J connectivity index is 1.94. The average Bonchev–Trinajstić information content (AvgIpc) is 2.60. The van der Waals surface area contributed by atoms with Crippen molar-refractivity contribution < 1.29 is 14.3 Å². The van der Waals surface area contributed by atoms with Gasteiger partial charge in [-0.2, -0.15) is 4.98 Å². The Morgan fingerprint density at radius 3 is 2.81 bits per heavy atom. The first-order valence-electron chi connectivity index (χ1n) is 8.56. The molecule has 2 aromatic rings. The number of amides is 1. The number of carbonyl (C=O) groups is 1. The zero-order valence-corrected chi connectivity index (χ0v) is 16.2. The summed E-state index contributed by atoms with van der Waals surface area (Å²) in [5.74, 6) is 0.532. The third-order valence-electron chi connectivity index (χ3n) is 3.91. The normalized spacial score (nSPS) is 17.6. The standard InChI is InChI=1S/C18H22ClN5O3/c1-18(2,3)27-17(25)24-4-5-26-9-14(24)11-6-12(8-13(19)7-11)15-21-10-22-16(20)23-15/h6-8,10,14H,4-5,9H2,1-3H3,(H2,20,21,22,23)/t14-/m0/s1. The molecule has 0 spiro atoms. The van der Waals surface area contributed by atoms with E-state index in [9.17, 15) is 4.79 Å². The van der Waals surface area contributed by atoms with Gasteiger partial charge < -0.3 is 15.2 Å². The van der Waals surface area contributed by atoms with E-state index >= 15 is 0 Å². The molecule has 0 saturated carbocycles. The van der Waals surface area contributed by atoms with Gasteiger partial charge in [-0.3, -0.25) is 4.90 Å². The van der Waals surface area contributed by atoms with Crippen LogP contribution in [0, 0.1) is 0 Å². The SMILES string of the molecule is CC(C)(C)OC(=O)N1CCOC[C@H]1c1cc(Cl)cc(-c2ncnc(N)n2)c1. The second-order valence-electron chi connectivity index (χ2n) is 7.20. The molecule has 0 unspecified atom stereocenters. The van der Waals surface area contributed by atoms with Crippen molar-refractivity contribution >= 4 is 23.6 Å². The minimum atomic E-state index is -0.582. The van der Waals surface area contributed by atoms with E-state index in [1.807, 2.05) is 26.8 Å². The van der Waals surface area contributed by atoms with Crippen molar-refractivity contribution in [2.75, 3.05) is 25.5 Å². The first-order chi connectivity index (χ1) is 12.7. The van der Waals surface area contributed by atoms with Crippen molar-refractivity contribution in [3.05, 3.63) is 35.1 Å². The van der Waals surface area contributed by atoms with Crippen LogP contribution in [0.4, 0.5) is 10.7 Å². The smallest absolute Gasteiger partial charge is 0.410 e. The van der Waals surface area contributed by atoms with Gasteiger partial charge in [0.05, 0.1) is 19.3 Å². The molecule has 1 aliphatic heterocycles. The number of hydrogen-bond acceptors (Lipinski definition) is 7. The quantitative estimate of drug-likeness (QED) is 0.838. The van der Waals surface area contributed by atoms with Crippen molar-refractivity contribution in [3.63, 3.8) is 0 Å². The summed E-state index contributed by atoms with van der Waals surface area (Å²) in [4.78, 5) is 26.4. The lowest BCUT2D eigenvalue weighted by molar-refractivity contribution is -0.0331. The van der Waals surface area contributed by atoms with E-state index in [1.54, 1.807) is 17.0 Å². The number of nitrogen functional groups attached to an aromatic ring is 1. The number of carbonyl (C=O) groups excluding carboxylic acids is 1. The van der Waals surface area contributed by atoms with Gasteiger partial charge in [0, 0.05) is 17.1 Å². The highest BCUT2D eigenvalue weighted by atomic mass is 35.5. The van der Waals surface area contributed by atoms with Crippen molar-refractivity contribution in [2.45, 2.75) is 32.4 Å². The maximum atomic E-state index is 12.6. The van der Waals surface area contributed by atoms with Crippen LogP contribution in [-0.4, -0.2) is 51.3 Å². The largest absolute Gasteiger partial charge is 0.444 e. The van der Waals surface area contributed by atoms with Crippen LogP contribution in [0.3, 0.4) is 0 Å². The number of ether oxygens (including phenoxy) is 2. The lowest BCUT2D eigenvalue weighted by Crippen LogP contribution is -2.45. The molecule has 27 heavy (non-hydrogen) atoms. The molecule has 2 heterocycles. The maximum Gasteiger partial charge on any atom is 0.410 e. The topological polar surface area (TPSA) is 103 Å². The van der Waals surface area contributed by atoms with Gasteiger partial charge in [-0.15, -0.1) is 0 Å². The molecule has 9 heteroatoms. The average molecular weight is 392 g/mol. The summed E-state index contributed by atoms with van der Waals surface area (Å²) >= 11 is 6.31. The zero-order valence-electron chi connectivity index (χ0n) is 15.5. The predicted octanol–water partition coefficient (Wildman–Crippen LogP) is 3.08. The highest BCUT2D eigenvalue weighted by molar-refractivity contribution is 6.30. The first-order valence-corrected chi connectivity index (χ1v) is 8.93. The van der Waals surface area contributed by atoms with Crippen molar-refractivity contribution in [1.29, 1.82) is 0 Å². The van der Waals surface area contributed by atoms with E-state index in [2.05, 4.69) is 15.0 Å². The van der Waals surface area contributed by atoms with Crippen molar-refractivity contribution in [3.8, 4) is 11.4 Å². The van der Waals surface area contributed by atoms with Crippen LogP contribution in [0.2, 0.25) is 5.02 Å². The number of nitrogens with zero attached hydrogens (tertiary/aromatic N) is 4. The summed E-state index contributed by atoms with van der Waals surface area (Å²) < 4.78 is 11.1. The zero-order chi connectivity index (χ0) is 19.6. The lowest BCUT2D eigenvalue weighted by atomic mass is 10.0. The van der Waals surface area contributed by atoms with Gasteiger partial charge in [0.1, 0.15) is 11.9 Å². The summed E-state index contributed by atoms with van der Waals surface area (Å²) in [6.45, 7) is 6.74. The molecule has 144 valence electrons. The predicted molar refractivity (Wildman–Crippen MR) is 101 cm³/mol. The minimum absolute atomic E-state index is 0.123. The van der Waals surface area contributed by atoms with Crippen molar-refractivity contribution in [1.82, 2.24) is 19.9 Å². The molecule has 1 fully saturated rings. The second kappa shape index (κ2) is 7.66. The second-order valence-corrected chi connectivity index (χ2v) is 7.64. The Morgan fingerprint density at radius 1 is 1.33 bits per heavy atom. The molecule has 3 rings (SSSR count). The highest BCUT2D eigenvalue weighted by Crippen LogP contribution is 2.31.